The van der Waals surface area contributed by atoms with E-state index in [1.54, 1.807) is 36.4 Å². The van der Waals surface area contributed by atoms with Crippen molar-refractivity contribution in [2.45, 2.75) is 4.90 Å². The van der Waals surface area contributed by atoms with E-state index in [1.165, 1.54) is 16.4 Å². The summed E-state index contributed by atoms with van der Waals surface area (Å²) in [4.78, 5) is 12.8. The van der Waals surface area contributed by atoms with Gasteiger partial charge < -0.3 is 14.8 Å². The quantitative estimate of drug-likeness (QED) is 0.634. The molecule has 4 rings (SSSR count). The number of sulfonamides is 1. The zero-order valence-electron chi connectivity index (χ0n) is 16.7. The third-order valence-electron chi connectivity index (χ3n) is 4.80. The molecule has 0 bridgehead atoms. The van der Waals surface area contributed by atoms with E-state index in [-0.39, 0.29) is 10.5 Å². The molecular formula is C23H22N2O5S. The maximum absolute atomic E-state index is 12.8. The van der Waals surface area contributed by atoms with Gasteiger partial charge in [0.05, 0.1) is 18.1 Å². The van der Waals surface area contributed by atoms with E-state index >= 15 is 0 Å². The minimum Gasteiger partial charge on any atom is -0.457 e. The van der Waals surface area contributed by atoms with Gasteiger partial charge in [0, 0.05) is 24.3 Å². The maximum atomic E-state index is 12.8. The first-order chi connectivity index (χ1) is 15.0. The van der Waals surface area contributed by atoms with E-state index in [2.05, 4.69) is 5.32 Å². The summed E-state index contributed by atoms with van der Waals surface area (Å²) in [6.07, 6.45) is 0. The number of anilines is 1. The van der Waals surface area contributed by atoms with Crippen LogP contribution in [0, 0.1) is 0 Å². The van der Waals surface area contributed by atoms with Gasteiger partial charge in [-0.3, -0.25) is 4.79 Å². The Morgan fingerprint density at radius 1 is 0.871 bits per heavy atom. The van der Waals surface area contributed by atoms with Crippen molar-refractivity contribution in [3.8, 4) is 11.5 Å². The number of amides is 1. The lowest BCUT2D eigenvalue weighted by Crippen LogP contribution is -2.40. The first-order valence-electron chi connectivity index (χ1n) is 9.85. The van der Waals surface area contributed by atoms with Crippen molar-refractivity contribution in [1.82, 2.24) is 4.31 Å². The Balaban J connectivity index is 1.44. The van der Waals surface area contributed by atoms with E-state index in [0.29, 0.717) is 37.7 Å². The summed E-state index contributed by atoms with van der Waals surface area (Å²) in [6, 6.07) is 22.4. The highest BCUT2D eigenvalue weighted by molar-refractivity contribution is 7.89. The third-order valence-corrected chi connectivity index (χ3v) is 6.69. The van der Waals surface area contributed by atoms with Gasteiger partial charge in [0.1, 0.15) is 11.5 Å². The van der Waals surface area contributed by atoms with Crippen LogP contribution in [0.25, 0.3) is 0 Å². The lowest BCUT2D eigenvalue weighted by molar-refractivity contribution is 0.0730. The molecule has 1 aliphatic heterocycles. The predicted octanol–water partition coefficient (Wildman–Crippen LogP) is 3.75. The molecule has 0 radical (unpaired) electrons. The lowest BCUT2D eigenvalue weighted by Gasteiger charge is -2.26. The van der Waals surface area contributed by atoms with E-state index in [9.17, 15) is 13.2 Å². The highest BCUT2D eigenvalue weighted by Gasteiger charge is 2.26. The molecule has 3 aromatic rings. The molecule has 0 atom stereocenters. The summed E-state index contributed by atoms with van der Waals surface area (Å²) in [6.45, 7) is 1.33. The van der Waals surface area contributed by atoms with E-state index in [1.807, 2.05) is 30.3 Å². The highest BCUT2D eigenvalue weighted by Crippen LogP contribution is 2.23. The molecule has 1 saturated heterocycles. The van der Waals surface area contributed by atoms with Crippen molar-refractivity contribution in [2.75, 3.05) is 31.6 Å². The number of nitrogens with zero attached hydrogens (tertiary/aromatic N) is 1. The molecule has 0 aliphatic carbocycles. The SMILES string of the molecule is O=C(Nc1ccc(Oc2ccccc2)cc1)c1cccc(S(=O)(=O)N2CCOCC2)c1. The summed E-state index contributed by atoms with van der Waals surface area (Å²) < 4.78 is 38.0. The van der Waals surface area contributed by atoms with E-state index < -0.39 is 15.9 Å². The van der Waals surface area contributed by atoms with Gasteiger partial charge in [-0.15, -0.1) is 0 Å². The number of hydrogen-bond acceptors (Lipinski definition) is 5. The van der Waals surface area contributed by atoms with Gasteiger partial charge in [-0.2, -0.15) is 4.31 Å². The lowest BCUT2D eigenvalue weighted by atomic mass is 10.2. The number of ether oxygens (including phenoxy) is 2. The van der Waals surface area contributed by atoms with Gasteiger partial charge in [0.25, 0.3) is 5.91 Å². The van der Waals surface area contributed by atoms with Gasteiger partial charge in [-0.05, 0) is 54.6 Å². The zero-order valence-corrected chi connectivity index (χ0v) is 17.5. The molecule has 0 saturated carbocycles. The van der Waals surface area contributed by atoms with Crippen LogP contribution < -0.4 is 10.1 Å². The van der Waals surface area contributed by atoms with Crippen molar-refractivity contribution in [1.29, 1.82) is 0 Å². The number of morpholine rings is 1. The Bertz CT molecular complexity index is 1140. The molecule has 1 fully saturated rings. The first-order valence-corrected chi connectivity index (χ1v) is 11.3. The van der Waals surface area contributed by atoms with E-state index in [4.69, 9.17) is 9.47 Å². The predicted molar refractivity (Wildman–Crippen MR) is 117 cm³/mol. The van der Waals surface area contributed by atoms with Gasteiger partial charge in [-0.25, -0.2) is 8.42 Å². The minimum absolute atomic E-state index is 0.0914. The summed E-state index contributed by atoms with van der Waals surface area (Å²) in [5.41, 5.74) is 0.839. The molecule has 1 amide bonds. The molecule has 1 aliphatic rings. The Hall–Kier alpha value is -3.20. The fourth-order valence-electron chi connectivity index (χ4n) is 3.17. The normalized spacial score (nSPS) is 14.7. The molecule has 0 spiro atoms. The maximum Gasteiger partial charge on any atom is 0.255 e. The van der Waals surface area contributed by atoms with Crippen LogP contribution in [0.3, 0.4) is 0 Å². The molecule has 3 aromatic carbocycles. The second kappa shape index (κ2) is 9.30. The fourth-order valence-corrected chi connectivity index (χ4v) is 4.62. The summed E-state index contributed by atoms with van der Waals surface area (Å²) in [5.74, 6) is 0.969. The standard InChI is InChI=1S/C23H22N2O5S/c26-23(24-19-9-11-21(12-10-19)30-20-6-2-1-3-7-20)18-5-4-8-22(17-18)31(27,28)25-13-15-29-16-14-25/h1-12,17H,13-16H2,(H,24,26). The summed E-state index contributed by atoms with van der Waals surface area (Å²) in [7, 11) is -3.67. The second-order valence-corrected chi connectivity index (χ2v) is 8.88. The number of rotatable bonds is 6. The van der Waals surface area contributed by atoms with Crippen LogP contribution in [0.5, 0.6) is 11.5 Å². The summed E-state index contributed by atoms with van der Waals surface area (Å²) >= 11 is 0. The minimum atomic E-state index is -3.67. The molecule has 1 N–H and O–H groups in total. The topological polar surface area (TPSA) is 84.9 Å². The van der Waals surface area contributed by atoms with Crippen LogP contribution in [-0.4, -0.2) is 44.9 Å². The Morgan fingerprint density at radius 3 is 2.26 bits per heavy atom. The van der Waals surface area contributed by atoms with Gasteiger partial charge >= 0.3 is 0 Å². The number of hydrogen-bond donors (Lipinski definition) is 1. The van der Waals surface area contributed by atoms with Crippen LogP contribution in [0.4, 0.5) is 5.69 Å². The first kappa shape index (κ1) is 21.0. The molecule has 31 heavy (non-hydrogen) atoms. The number of carbonyl (C=O) groups is 1. The number of benzene rings is 3. The van der Waals surface area contributed by atoms with Crippen LogP contribution in [-0.2, 0) is 14.8 Å². The monoisotopic (exact) mass is 438 g/mol. The van der Waals surface area contributed by atoms with Crippen LogP contribution in [0.1, 0.15) is 10.4 Å². The van der Waals surface area contributed by atoms with Gasteiger partial charge in [0.2, 0.25) is 10.0 Å². The highest BCUT2D eigenvalue weighted by atomic mass is 32.2. The molecule has 7 nitrogen and oxygen atoms in total. The average molecular weight is 439 g/mol. The van der Waals surface area contributed by atoms with E-state index in [0.717, 1.165) is 5.75 Å². The van der Waals surface area contributed by atoms with Crippen molar-refractivity contribution < 1.29 is 22.7 Å². The van der Waals surface area contributed by atoms with Gasteiger partial charge in [-0.1, -0.05) is 24.3 Å². The number of nitrogens with one attached hydrogen (secondary N) is 1. The number of para-hydroxylation sites is 1. The average Bonchev–Trinajstić information content (AvgIpc) is 2.82. The Kier molecular flexibility index (Phi) is 6.31. The smallest absolute Gasteiger partial charge is 0.255 e. The van der Waals surface area contributed by atoms with Crippen LogP contribution in [0.2, 0.25) is 0 Å². The van der Waals surface area contributed by atoms with Crippen molar-refractivity contribution in [3.63, 3.8) is 0 Å². The van der Waals surface area contributed by atoms with Crippen LogP contribution >= 0.6 is 0 Å². The van der Waals surface area contributed by atoms with Crippen molar-refractivity contribution in [2.24, 2.45) is 0 Å². The number of carbonyl (C=O) groups excluding carboxylic acids is 1. The zero-order chi connectivity index (χ0) is 21.7. The summed E-state index contributed by atoms with van der Waals surface area (Å²) in [5, 5.41) is 2.78. The van der Waals surface area contributed by atoms with Crippen LogP contribution in [0.15, 0.2) is 83.8 Å². The largest absolute Gasteiger partial charge is 0.457 e. The fraction of sp³-hybridized carbons (Fsp3) is 0.174. The Labute approximate surface area is 181 Å². The van der Waals surface area contributed by atoms with Crippen molar-refractivity contribution in [3.05, 3.63) is 84.4 Å². The Morgan fingerprint density at radius 2 is 1.55 bits per heavy atom. The molecule has 1 heterocycles. The van der Waals surface area contributed by atoms with Crippen molar-refractivity contribution >= 4 is 21.6 Å². The molecular weight excluding hydrogens is 416 g/mol. The van der Waals surface area contributed by atoms with Gasteiger partial charge in [0.15, 0.2) is 0 Å². The third kappa shape index (κ3) is 5.11. The molecule has 160 valence electrons. The molecule has 0 aromatic heterocycles. The molecule has 8 heteroatoms. The molecule has 0 unspecified atom stereocenters. The second-order valence-electron chi connectivity index (χ2n) is 6.94.